The zero-order chi connectivity index (χ0) is 20.1. The second-order valence-corrected chi connectivity index (χ2v) is 7.57. The standard InChI is InChI=1S/C23H27N3O3/c27-22(24-18-9-3-1-4-10-18)13-16-26-17-21(23(28)25-14-7-2-8-15-25)29-20-12-6-5-11-19(20)26/h1,3-6,9-12,21H,2,7-8,13-17H2,(H,24,27). The number of benzene rings is 2. The molecule has 0 bridgehead atoms. The predicted molar refractivity (Wildman–Crippen MR) is 113 cm³/mol. The van der Waals surface area contributed by atoms with Gasteiger partial charge in [0.05, 0.1) is 12.2 Å². The molecule has 2 aromatic carbocycles. The molecule has 2 aromatic rings. The summed E-state index contributed by atoms with van der Waals surface area (Å²) >= 11 is 0. The van der Waals surface area contributed by atoms with Crippen LogP contribution in [0.3, 0.4) is 0 Å². The Kier molecular flexibility index (Phi) is 5.98. The average molecular weight is 393 g/mol. The number of para-hydroxylation sites is 3. The quantitative estimate of drug-likeness (QED) is 0.847. The van der Waals surface area contributed by atoms with Gasteiger partial charge in [0.25, 0.3) is 5.91 Å². The first-order chi connectivity index (χ1) is 14.2. The van der Waals surface area contributed by atoms with E-state index in [4.69, 9.17) is 4.74 Å². The molecule has 0 radical (unpaired) electrons. The van der Waals surface area contributed by atoms with Crippen molar-refractivity contribution in [3.63, 3.8) is 0 Å². The fourth-order valence-electron chi connectivity index (χ4n) is 3.95. The Morgan fingerprint density at radius 2 is 1.69 bits per heavy atom. The van der Waals surface area contributed by atoms with Gasteiger partial charge in [0.2, 0.25) is 5.91 Å². The number of piperidine rings is 1. The molecule has 1 saturated heterocycles. The van der Waals surface area contributed by atoms with E-state index in [1.165, 1.54) is 6.42 Å². The van der Waals surface area contributed by atoms with Gasteiger partial charge in [0.1, 0.15) is 5.75 Å². The fraction of sp³-hybridized carbons (Fsp3) is 0.391. The molecule has 29 heavy (non-hydrogen) atoms. The van der Waals surface area contributed by atoms with E-state index in [9.17, 15) is 9.59 Å². The molecule has 0 saturated carbocycles. The number of likely N-dealkylation sites (tertiary alicyclic amines) is 1. The number of rotatable bonds is 5. The predicted octanol–water partition coefficient (Wildman–Crippen LogP) is 3.30. The first-order valence-corrected chi connectivity index (χ1v) is 10.3. The number of fused-ring (bicyclic) bond motifs is 1. The van der Waals surface area contributed by atoms with Gasteiger partial charge < -0.3 is 19.9 Å². The van der Waals surface area contributed by atoms with Gasteiger partial charge in [0, 0.05) is 31.7 Å². The minimum Gasteiger partial charge on any atom is -0.477 e. The van der Waals surface area contributed by atoms with Gasteiger partial charge in [-0.15, -0.1) is 0 Å². The number of carbonyl (C=O) groups is 2. The fourth-order valence-corrected chi connectivity index (χ4v) is 3.95. The number of ether oxygens (including phenoxy) is 1. The summed E-state index contributed by atoms with van der Waals surface area (Å²) in [6.45, 7) is 2.60. The maximum absolute atomic E-state index is 13.0. The molecule has 1 fully saturated rings. The average Bonchev–Trinajstić information content (AvgIpc) is 2.78. The smallest absolute Gasteiger partial charge is 0.265 e. The Labute approximate surface area is 171 Å². The van der Waals surface area contributed by atoms with Crippen molar-refractivity contribution in [2.45, 2.75) is 31.8 Å². The molecule has 152 valence electrons. The number of hydrogen-bond donors (Lipinski definition) is 1. The lowest BCUT2D eigenvalue weighted by Crippen LogP contribution is -2.51. The van der Waals surface area contributed by atoms with Crippen molar-refractivity contribution in [2.24, 2.45) is 0 Å². The van der Waals surface area contributed by atoms with Gasteiger partial charge in [-0.3, -0.25) is 9.59 Å². The summed E-state index contributed by atoms with van der Waals surface area (Å²) in [5.41, 5.74) is 1.72. The van der Waals surface area contributed by atoms with Crippen molar-refractivity contribution in [3.05, 3.63) is 54.6 Å². The van der Waals surface area contributed by atoms with Crippen LogP contribution in [0.25, 0.3) is 0 Å². The monoisotopic (exact) mass is 393 g/mol. The lowest BCUT2D eigenvalue weighted by Gasteiger charge is -2.38. The maximum atomic E-state index is 13.0. The molecule has 0 aliphatic carbocycles. The minimum atomic E-state index is -0.528. The highest BCUT2D eigenvalue weighted by Gasteiger charge is 2.33. The van der Waals surface area contributed by atoms with Crippen LogP contribution >= 0.6 is 0 Å². The molecule has 4 rings (SSSR count). The Balaban J connectivity index is 1.42. The summed E-state index contributed by atoms with van der Waals surface area (Å²) in [5, 5.41) is 2.92. The Morgan fingerprint density at radius 3 is 2.48 bits per heavy atom. The van der Waals surface area contributed by atoms with Crippen molar-refractivity contribution in [1.82, 2.24) is 4.90 Å². The molecule has 2 aliphatic rings. The third kappa shape index (κ3) is 4.70. The number of nitrogens with zero attached hydrogens (tertiary/aromatic N) is 2. The molecule has 1 atom stereocenters. The summed E-state index contributed by atoms with van der Waals surface area (Å²) in [4.78, 5) is 29.4. The van der Waals surface area contributed by atoms with Crippen LogP contribution in [0.5, 0.6) is 5.75 Å². The third-order valence-corrected chi connectivity index (χ3v) is 5.47. The number of amides is 2. The summed E-state index contributed by atoms with van der Waals surface area (Å²) in [7, 11) is 0. The molecule has 2 amide bonds. The molecule has 6 nitrogen and oxygen atoms in total. The van der Waals surface area contributed by atoms with Crippen LogP contribution in [0, 0.1) is 0 Å². The Hall–Kier alpha value is -3.02. The Morgan fingerprint density at radius 1 is 0.966 bits per heavy atom. The zero-order valence-electron chi connectivity index (χ0n) is 16.5. The second-order valence-electron chi connectivity index (χ2n) is 7.57. The molecule has 1 N–H and O–H groups in total. The van der Waals surface area contributed by atoms with Crippen LogP contribution in [0.2, 0.25) is 0 Å². The lowest BCUT2D eigenvalue weighted by molar-refractivity contribution is -0.139. The molecule has 6 heteroatoms. The van der Waals surface area contributed by atoms with Crippen molar-refractivity contribution >= 4 is 23.2 Å². The summed E-state index contributed by atoms with van der Waals surface area (Å²) in [6, 6.07) is 17.2. The highest BCUT2D eigenvalue weighted by molar-refractivity contribution is 5.91. The van der Waals surface area contributed by atoms with Crippen LogP contribution in [0.15, 0.2) is 54.6 Å². The molecule has 2 aliphatic heterocycles. The van der Waals surface area contributed by atoms with Gasteiger partial charge in [-0.25, -0.2) is 0 Å². The Bertz CT molecular complexity index is 849. The topological polar surface area (TPSA) is 61.9 Å². The maximum Gasteiger partial charge on any atom is 0.265 e. The van der Waals surface area contributed by atoms with Crippen LogP contribution < -0.4 is 15.0 Å². The van der Waals surface area contributed by atoms with Crippen LogP contribution in [-0.4, -0.2) is 49.0 Å². The highest BCUT2D eigenvalue weighted by atomic mass is 16.5. The van der Waals surface area contributed by atoms with Gasteiger partial charge in [-0.1, -0.05) is 30.3 Å². The molecule has 2 heterocycles. The van der Waals surface area contributed by atoms with E-state index in [-0.39, 0.29) is 11.8 Å². The van der Waals surface area contributed by atoms with E-state index in [2.05, 4.69) is 10.2 Å². The van der Waals surface area contributed by atoms with Crippen molar-refractivity contribution in [1.29, 1.82) is 0 Å². The van der Waals surface area contributed by atoms with E-state index in [0.717, 1.165) is 37.3 Å². The molecule has 0 spiro atoms. The van der Waals surface area contributed by atoms with Crippen LogP contribution in [-0.2, 0) is 9.59 Å². The number of hydrogen-bond acceptors (Lipinski definition) is 4. The van der Waals surface area contributed by atoms with Gasteiger partial charge in [-0.2, -0.15) is 0 Å². The summed E-state index contributed by atoms with van der Waals surface area (Å²) < 4.78 is 6.05. The van der Waals surface area contributed by atoms with E-state index >= 15 is 0 Å². The highest BCUT2D eigenvalue weighted by Crippen LogP contribution is 2.33. The van der Waals surface area contributed by atoms with Crippen molar-refractivity contribution in [2.75, 3.05) is 36.4 Å². The number of anilines is 2. The lowest BCUT2D eigenvalue weighted by atomic mass is 10.1. The molecular formula is C23H27N3O3. The molecule has 1 unspecified atom stereocenters. The van der Waals surface area contributed by atoms with Crippen molar-refractivity contribution in [3.8, 4) is 5.75 Å². The molecular weight excluding hydrogens is 366 g/mol. The van der Waals surface area contributed by atoms with Crippen LogP contribution in [0.4, 0.5) is 11.4 Å². The minimum absolute atomic E-state index is 0.0425. The largest absolute Gasteiger partial charge is 0.477 e. The van der Waals surface area contributed by atoms with E-state index < -0.39 is 6.10 Å². The van der Waals surface area contributed by atoms with Gasteiger partial charge in [-0.05, 0) is 43.5 Å². The second kappa shape index (κ2) is 8.99. The van der Waals surface area contributed by atoms with E-state index in [1.807, 2.05) is 59.5 Å². The molecule has 0 aromatic heterocycles. The van der Waals surface area contributed by atoms with Gasteiger partial charge >= 0.3 is 0 Å². The number of nitrogens with one attached hydrogen (secondary N) is 1. The third-order valence-electron chi connectivity index (χ3n) is 5.47. The first kappa shape index (κ1) is 19.3. The zero-order valence-corrected chi connectivity index (χ0v) is 16.5. The van der Waals surface area contributed by atoms with E-state index in [1.54, 1.807) is 0 Å². The van der Waals surface area contributed by atoms with Crippen LogP contribution in [0.1, 0.15) is 25.7 Å². The SMILES string of the molecule is O=C(CCN1CC(C(=O)N2CCCCC2)Oc2ccccc21)Nc1ccccc1. The summed E-state index contributed by atoms with van der Waals surface area (Å²) in [5.74, 6) is 0.717. The van der Waals surface area contributed by atoms with Crippen molar-refractivity contribution < 1.29 is 14.3 Å². The normalized spacial score (nSPS) is 18.6. The first-order valence-electron chi connectivity index (χ1n) is 10.3. The van der Waals surface area contributed by atoms with Gasteiger partial charge in [0.15, 0.2) is 6.10 Å². The number of carbonyl (C=O) groups excluding carboxylic acids is 2. The summed E-state index contributed by atoms with van der Waals surface area (Å²) in [6.07, 6.45) is 3.10. The van der Waals surface area contributed by atoms with E-state index in [0.29, 0.717) is 25.3 Å².